The third-order valence-corrected chi connectivity index (χ3v) is 6.91. The van der Waals surface area contributed by atoms with Gasteiger partial charge in [-0.25, -0.2) is 23.1 Å². The smallest absolute Gasteiger partial charge is 0.214 e. The molecule has 27 heavy (non-hydrogen) atoms. The molecule has 0 bridgehead atoms. The maximum absolute atomic E-state index is 12.0. The first-order chi connectivity index (χ1) is 13.0. The summed E-state index contributed by atoms with van der Waals surface area (Å²) < 4.78 is 28.7. The molecule has 1 fully saturated rings. The van der Waals surface area contributed by atoms with Crippen LogP contribution in [0.5, 0.6) is 0 Å². The van der Waals surface area contributed by atoms with E-state index in [9.17, 15) is 8.42 Å². The predicted molar refractivity (Wildman–Crippen MR) is 104 cm³/mol. The minimum Gasteiger partial charge on any atom is -0.345 e. The van der Waals surface area contributed by atoms with E-state index in [1.807, 2.05) is 49.6 Å². The lowest BCUT2D eigenvalue weighted by molar-refractivity contribution is 0.580. The number of sulfonamides is 1. The summed E-state index contributed by atoms with van der Waals surface area (Å²) in [6, 6.07) is 9.82. The minimum absolute atomic E-state index is 0.200. The van der Waals surface area contributed by atoms with Crippen LogP contribution < -0.4 is 4.72 Å². The van der Waals surface area contributed by atoms with Crippen LogP contribution in [-0.2, 0) is 16.6 Å². The number of H-pyrrole nitrogens is 1. The quantitative estimate of drug-likeness (QED) is 0.556. The van der Waals surface area contributed by atoms with Gasteiger partial charge in [-0.1, -0.05) is 24.3 Å². The van der Waals surface area contributed by atoms with Crippen molar-refractivity contribution in [3.63, 3.8) is 0 Å². The molecule has 0 amide bonds. The molecular weight excluding hydrogens is 362 g/mol. The number of aromatic nitrogens is 4. The van der Waals surface area contributed by atoms with Gasteiger partial charge in [-0.05, 0) is 31.4 Å². The molecule has 0 atom stereocenters. The van der Waals surface area contributed by atoms with Crippen LogP contribution in [0.25, 0.3) is 27.9 Å². The van der Waals surface area contributed by atoms with Gasteiger partial charge in [0, 0.05) is 18.3 Å². The van der Waals surface area contributed by atoms with Crippen molar-refractivity contribution in [1.29, 1.82) is 0 Å². The summed E-state index contributed by atoms with van der Waals surface area (Å²) in [5.74, 6) is 0.897. The average Bonchev–Trinajstić information content (AvgIpc) is 3.34. The number of fused-ring (bicyclic) bond motifs is 3. The fourth-order valence-electron chi connectivity index (χ4n) is 3.41. The molecule has 0 spiro atoms. The molecular formula is C19H19N5O2S. The van der Waals surface area contributed by atoms with Crippen LogP contribution >= 0.6 is 0 Å². The van der Waals surface area contributed by atoms with Crippen molar-refractivity contribution in [1.82, 2.24) is 24.1 Å². The predicted octanol–water partition coefficient (Wildman–Crippen LogP) is 2.77. The number of aryl methyl sites for hydroxylation is 1. The molecule has 5 rings (SSSR count). The summed E-state index contributed by atoms with van der Waals surface area (Å²) in [5.41, 5.74) is 5.54. The van der Waals surface area contributed by atoms with E-state index in [0.29, 0.717) is 6.54 Å². The number of nitrogens with one attached hydrogen (secondary N) is 2. The van der Waals surface area contributed by atoms with Crippen LogP contribution in [0.1, 0.15) is 24.2 Å². The number of hydrogen-bond donors (Lipinski definition) is 2. The standard InChI is InChI=1S/C19H19N5O2S/c1-12-23-18(17-11-21-19-16(24(12)17)8-9-20-19)14-4-2-13(3-5-14)10-22-27(25,26)15-6-7-15/h2-5,8-9,11,15,20,22H,6-7,10H2,1H3. The van der Waals surface area contributed by atoms with Crippen molar-refractivity contribution in [2.45, 2.75) is 31.6 Å². The molecule has 2 N–H and O–H groups in total. The Bertz CT molecular complexity index is 1250. The summed E-state index contributed by atoms with van der Waals surface area (Å²) in [5, 5.41) is -0.200. The van der Waals surface area contributed by atoms with E-state index in [1.54, 1.807) is 0 Å². The molecule has 8 heteroatoms. The molecule has 1 saturated carbocycles. The van der Waals surface area contributed by atoms with Gasteiger partial charge in [0.25, 0.3) is 0 Å². The van der Waals surface area contributed by atoms with Gasteiger partial charge in [-0.15, -0.1) is 0 Å². The third kappa shape index (κ3) is 2.81. The van der Waals surface area contributed by atoms with Crippen LogP contribution in [0, 0.1) is 6.92 Å². The van der Waals surface area contributed by atoms with Crippen molar-refractivity contribution in [2.24, 2.45) is 0 Å². The topological polar surface area (TPSA) is 92.2 Å². The first-order valence-corrected chi connectivity index (χ1v) is 10.5. The van der Waals surface area contributed by atoms with Crippen molar-refractivity contribution >= 4 is 26.7 Å². The molecule has 3 aromatic heterocycles. The van der Waals surface area contributed by atoms with Crippen LogP contribution in [-0.4, -0.2) is 33.0 Å². The number of nitrogens with zero attached hydrogens (tertiary/aromatic N) is 3. The molecule has 138 valence electrons. The summed E-state index contributed by atoms with van der Waals surface area (Å²) in [4.78, 5) is 12.3. The average molecular weight is 381 g/mol. The Balaban J connectivity index is 1.46. The van der Waals surface area contributed by atoms with Gasteiger partial charge in [0.05, 0.1) is 28.2 Å². The van der Waals surface area contributed by atoms with Crippen LogP contribution in [0.3, 0.4) is 0 Å². The summed E-state index contributed by atoms with van der Waals surface area (Å²) in [6.45, 7) is 2.29. The molecule has 1 aliphatic carbocycles. The summed E-state index contributed by atoms with van der Waals surface area (Å²) in [7, 11) is -3.17. The van der Waals surface area contributed by atoms with E-state index in [0.717, 1.165) is 52.2 Å². The van der Waals surface area contributed by atoms with Gasteiger partial charge in [0.2, 0.25) is 10.0 Å². The molecule has 4 aromatic rings. The zero-order valence-corrected chi connectivity index (χ0v) is 15.6. The lowest BCUT2D eigenvalue weighted by Gasteiger charge is -2.06. The number of imidazole rings is 1. The molecule has 3 heterocycles. The zero-order chi connectivity index (χ0) is 18.6. The van der Waals surface area contributed by atoms with Gasteiger partial charge in [-0.3, -0.25) is 4.40 Å². The molecule has 7 nitrogen and oxygen atoms in total. The molecule has 0 aliphatic heterocycles. The number of aromatic amines is 1. The van der Waals surface area contributed by atoms with E-state index in [1.165, 1.54) is 0 Å². The summed E-state index contributed by atoms with van der Waals surface area (Å²) in [6.07, 6.45) is 5.23. The maximum Gasteiger partial charge on any atom is 0.214 e. The minimum atomic E-state index is -3.17. The zero-order valence-electron chi connectivity index (χ0n) is 14.8. The highest BCUT2D eigenvalue weighted by atomic mass is 32.2. The van der Waals surface area contributed by atoms with E-state index < -0.39 is 10.0 Å². The Hall–Kier alpha value is -2.71. The lowest BCUT2D eigenvalue weighted by atomic mass is 10.1. The van der Waals surface area contributed by atoms with Crippen molar-refractivity contribution < 1.29 is 8.42 Å². The van der Waals surface area contributed by atoms with Gasteiger partial charge in [0.15, 0.2) is 5.65 Å². The first-order valence-electron chi connectivity index (χ1n) is 8.92. The highest BCUT2D eigenvalue weighted by Crippen LogP contribution is 2.29. The maximum atomic E-state index is 12.0. The molecule has 0 saturated heterocycles. The SMILES string of the molecule is Cc1nc(-c2ccc(CNS(=O)(=O)C3CC3)cc2)c2cnc3[nH]ccc3n12. The van der Waals surface area contributed by atoms with Crippen LogP contribution in [0.15, 0.2) is 42.7 Å². The van der Waals surface area contributed by atoms with Crippen molar-refractivity contribution in [2.75, 3.05) is 0 Å². The Kier molecular flexibility index (Phi) is 3.60. The monoisotopic (exact) mass is 381 g/mol. The van der Waals surface area contributed by atoms with Crippen LogP contribution in [0.4, 0.5) is 0 Å². The normalized spacial score (nSPS) is 15.0. The second-order valence-electron chi connectivity index (χ2n) is 6.96. The number of benzene rings is 1. The van der Waals surface area contributed by atoms with Gasteiger partial charge >= 0.3 is 0 Å². The van der Waals surface area contributed by atoms with Crippen molar-refractivity contribution in [3.8, 4) is 11.3 Å². The van der Waals surface area contributed by atoms with Gasteiger partial charge in [0.1, 0.15) is 5.82 Å². The largest absolute Gasteiger partial charge is 0.345 e. The third-order valence-electron chi connectivity index (χ3n) is 5.01. The Morgan fingerprint density at radius 1 is 1.19 bits per heavy atom. The Labute approximate surface area is 156 Å². The van der Waals surface area contributed by atoms with E-state index in [-0.39, 0.29) is 5.25 Å². The molecule has 1 aromatic carbocycles. The second kappa shape index (κ2) is 5.90. The fourth-order valence-corrected chi connectivity index (χ4v) is 4.77. The van der Waals surface area contributed by atoms with Gasteiger partial charge < -0.3 is 4.98 Å². The Morgan fingerprint density at radius 3 is 2.70 bits per heavy atom. The Morgan fingerprint density at radius 2 is 1.96 bits per heavy atom. The first kappa shape index (κ1) is 16.5. The fraction of sp³-hybridized carbons (Fsp3) is 0.263. The van der Waals surface area contributed by atoms with Crippen molar-refractivity contribution in [3.05, 3.63) is 54.1 Å². The highest BCUT2D eigenvalue weighted by molar-refractivity contribution is 7.90. The lowest BCUT2D eigenvalue weighted by Crippen LogP contribution is -2.26. The molecule has 0 radical (unpaired) electrons. The highest BCUT2D eigenvalue weighted by Gasteiger charge is 2.35. The van der Waals surface area contributed by atoms with E-state index in [4.69, 9.17) is 4.98 Å². The second-order valence-corrected chi connectivity index (χ2v) is 9.01. The number of rotatable bonds is 5. The van der Waals surface area contributed by atoms with Crippen LogP contribution in [0.2, 0.25) is 0 Å². The molecule has 0 unspecified atom stereocenters. The van der Waals surface area contributed by atoms with E-state index in [2.05, 4.69) is 19.1 Å². The van der Waals surface area contributed by atoms with Gasteiger partial charge in [-0.2, -0.15) is 0 Å². The molecule has 1 aliphatic rings. The van der Waals surface area contributed by atoms with E-state index >= 15 is 0 Å². The number of hydrogen-bond acceptors (Lipinski definition) is 4. The summed E-state index contributed by atoms with van der Waals surface area (Å²) >= 11 is 0.